The quantitative estimate of drug-likeness (QED) is 0.0264. The Kier molecular flexibility index (Phi) is 46.3. The molecule has 0 saturated heterocycles. The summed E-state index contributed by atoms with van der Waals surface area (Å²) in [5.74, 6) is -1.08. The number of hydrogen-bond acceptors (Lipinski definition) is 6. The minimum absolute atomic E-state index is 0.134. The van der Waals surface area contributed by atoms with Crippen LogP contribution in [0.2, 0.25) is 0 Å². The number of carbonyl (C=O) groups excluding carboxylic acids is 3. The van der Waals surface area contributed by atoms with Crippen molar-refractivity contribution in [2.45, 2.75) is 162 Å². The van der Waals surface area contributed by atoms with Crippen LogP contribution in [0.5, 0.6) is 0 Å². The van der Waals surface area contributed by atoms with E-state index < -0.39 is 6.10 Å². The SMILES string of the molecule is CC/C=C/C=C/C=C/C=C/C=C/CCCC(=O)OCC(COC(=O)CCCCCCC/C=C/C=C/C=C/C=C/C=C/CCC)OC(=O)CCCCCCC/C=C/C=C/C=C/C=C/CC. The number of carbonyl (C=O) groups is 3. The smallest absolute Gasteiger partial charge is 0.306 e. The Balaban J connectivity index is 4.63. The third-order valence-corrected chi connectivity index (χ3v) is 9.27. The second-order valence-electron chi connectivity index (χ2n) is 15.2. The van der Waals surface area contributed by atoms with Crippen LogP contribution in [0.1, 0.15) is 156 Å². The minimum atomic E-state index is -0.839. The molecule has 352 valence electrons. The second-order valence-corrected chi connectivity index (χ2v) is 15.2. The molecule has 0 rings (SSSR count). The Hall–Kier alpha value is -5.23. The van der Waals surface area contributed by atoms with E-state index in [0.29, 0.717) is 12.8 Å². The van der Waals surface area contributed by atoms with Crippen LogP contribution in [0.25, 0.3) is 0 Å². The molecule has 0 amide bonds. The van der Waals surface area contributed by atoms with Gasteiger partial charge in [-0.05, 0) is 70.6 Å². The highest BCUT2D eigenvalue weighted by Crippen LogP contribution is 2.12. The lowest BCUT2D eigenvalue weighted by Crippen LogP contribution is -2.30. The van der Waals surface area contributed by atoms with Gasteiger partial charge in [-0.3, -0.25) is 14.4 Å². The van der Waals surface area contributed by atoms with E-state index >= 15 is 0 Å². The van der Waals surface area contributed by atoms with Crippen LogP contribution in [0.4, 0.5) is 0 Å². The summed E-state index contributed by atoms with van der Waals surface area (Å²) >= 11 is 0. The molecule has 0 aromatic rings. The van der Waals surface area contributed by atoms with Gasteiger partial charge >= 0.3 is 17.9 Å². The van der Waals surface area contributed by atoms with E-state index in [4.69, 9.17) is 14.2 Å². The van der Waals surface area contributed by atoms with Crippen LogP contribution >= 0.6 is 0 Å². The monoisotopic (exact) mass is 877 g/mol. The van der Waals surface area contributed by atoms with E-state index in [0.717, 1.165) is 103 Å². The molecule has 0 saturated carbocycles. The van der Waals surface area contributed by atoms with Crippen LogP contribution in [0.15, 0.2) is 170 Å². The van der Waals surface area contributed by atoms with E-state index in [1.54, 1.807) is 0 Å². The first-order valence-corrected chi connectivity index (χ1v) is 24.3. The molecule has 0 aliphatic carbocycles. The summed E-state index contributed by atoms with van der Waals surface area (Å²) in [6.45, 7) is 6.12. The molecule has 1 unspecified atom stereocenters. The van der Waals surface area contributed by atoms with Gasteiger partial charge < -0.3 is 14.2 Å². The van der Waals surface area contributed by atoms with E-state index in [1.807, 2.05) is 115 Å². The van der Waals surface area contributed by atoms with Crippen molar-refractivity contribution in [3.05, 3.63) is 170 Å². The Morgan fingerprint density at radius 3 is 1.02 bits per heavy atom. The molecule has 64 heavy (non-hydrogen) atoms. The van der Waals surface area contributed by atoms with Gasteiger partial charge in [0.1, 0.15) is 13.2 Å². The summed E-state index contributed by atoms with van der Waals surface area (Å²) in [5.41, 5.74) is 0. The van der Waals surface area contributed by atoms with Crippen molar-refractivity contribution in [2.75, 3.05) is 13.2 Å². The fraction of sp³-hybridized carbons (Fsp3) is 0.466. The van der Waals surface area contributed by atoms with Crippen LogP contribution in [0, 0.1) is 0 Å². The third-order valence-electron chi connectivity index (χ3n) is 9.27. The number of ether oxygens (including phenoxy) is 3. The molecule has 6 nitrogen and oxygen atoms in total. The van der Waals surface area contributed by atoms with Gasteiger partial charge in [-0.25, -0.2) is 0 Å². The number of hydrogen-bond donors (Lipinski definition) is 0. The average Bonchev–Trinajstić information content (AvgIpc) is 3.29. The summed E-state index contributed by atoms with van der Waals surface area (Å²) in [6, 6.07) is 0. The fourth-order valence-electron chi connectivity index (χ4n) is 5.69. The molecule has 0 aliphatic heterocycles. The van der Waals surface area contributed by atoms with E-state index in [9.17, 15) is 14.4 Å². The molecule has 0 radical (unpaired) electrons. The molecule has 0 fully saturated rings. The van der Waals surface area contributed by atoms with Gasteiger partial charge in [0.15, 0.2) is 6.10 Å². The molecule has 0 spiro atoms. The van der Waals surface area contributed by atoms with Gasteiger partial charge in [0.2, 0.25) is 0 Å². The van der Waals surface area contributed by atoms with Crippen molar-refractivity contribution in [1.29, 1.82) is 0 Å². The Morgan fingerprint density at radius 2 is 0.625 bits per heavy atom. The summed E-state index contributed by atoms with van der Waals surface area (Å²) in [4.78, 5) is 37.9. The van der Waals surface area contributed by atoms with E-state index in [-0.39, 0.29) is 44.0 Å². The maximum atomic E-state index is 12.8. The van der Waals surface area contributed by atoms with Crippen molar-refractivity contribution < 1.29 is 28.6 Å². The van der Waals surface area contributed by atoms with E-state index in [1.165, 1.54) is 6.42 Å². The van der Waals surface area contributed by atoms with Gasteiger partial charge in [-0.15, -0.1) is 0 Å². The molecule has 0 aromatic heterocycles. The first-order chi connectivity index (χ1) is 31.5. The van der Waals surface area contributed by atoms with E-state index in [2.05, 4.69) is 75.5 Å². The predicted octanol–water partition coefficient (Wildman–Crippen LogP) is 16.0. The number of allylic oxidation sites excluding steroid dienone is 28. The van der Waals surface area contributed by atoms with Gasteiger partial charge in [-0.2, -0.15) is 0 Å². The molecule has 0 aromatic carbocycles. The van der Waals surface area contributed by atoms with Gasteiger partial charge in [0.25, 0.3) is 0 Å². The lowest BCUT2D eigenvalue weighted by Gasteiger charge is -2.18. The van der Waals surface area contributed by atoms with Crippen LogP contribution in [-0.2, 0) is 28.6 Å². The fourth-order valence-corrected chi connectivity index (χ4v) is 5.69. The van der Waals surface area contributed by atoms with Crippen molar-refractivity contribution in [3.8, 4) is 0 Å². The van der Waals surface area contributed by atoms with Gasteiger partial charge in [-0.1, -0.05) is 236 Å². The van der Waals surface area contributed by atoms with Crippen LogP contribution < -0.4 is 0 Å². The lowest BCUT2D eigenvalue weighted by molar-refractivity contribution is -0.167. The highest BCUT2D eigenvalue weighted by Gasteiger charge is 2.19. The molecule has 0 bridgehead atoms. The summed E-state index contributed by atoms with van der Waals surface area (Å²) in [7, 11) is 0. The average molecular weight is 877 g/mol. The largest absolute Gasteiger partial charge is 0.462 e. The summed E-state index contributed by atoms with van der Waals surface area (Å²) < 4.78 is 16.7. The zero-order valence-corrected chi connectivity index (χ0v) is 40.0. The summed E-state index contributed by atoms with van der Waals surface area (Å²) in [6.07, 6.45) is 74.7. The predicted molar refractivity (Wildman–Crippen MR) is 274 cm³/mol. The summed E-state index contributed by atoms with van der Waals surface area (Å²) in [5, 5.41) is 0. The second kappa shape index (κ2) is 50.4. The first-order valence-electron chi connectivity index (χ1n) is 24.3. The third kappa shape index (κ3) is 47.8. The Morgan fingerprint density at radius 1 is 0.328 bits per heavy atom. The minimum Gasteiger partial charge on any atom is -0.462 e. The molecule has 1 atom stereocenters. The molecule has 0 heterocycles. The van der Waals surface area contributed by atoms with Crippen LogP contribution in [-0.4, -0.2) is 37.2 Å². The Bertz CT molecular complexity index is 1570. The normalized spacial score (nSPS) is 13.6. The van der Waals surface area contributed by atoms with Crippen molar-refractivity contribution in [3.63, 3.8) is 0 Å². The van der Waals surface area contributed by atoms with Crippen LogP contribution in [0.3, 0.4) is 0 Å². The zero-order chi connectivity index (χ0) is 46.5. The Labute approximate surface area is 390 Å². The molecule has 0 N–H and O–H groups in total. The molecule has 0 aliphatic rings. The highest BCUT2D eigenvalue weighted by molar-refractivity contribution is 5.71. The number of rotatable bonds is 40. The number of esters is 3. The first kappa shape index (κ1) is 58.8. The molecular formula is C58H84O6. The lowest BCUT2D eigenvalue weighted by atomic mass is 10.1. The van der Waals surface area contributed by atoms with Gasteiger partial charge in [0.05, 0.1) is 0 Å². The maximum absolute atomic E-state index is 12.8. The molecule has 6 heteroatoms. The standard InChI is InChI=1S/C58H84O6/c1-4-7-10-13-16-19-22-25-27-28-29-31-33-36-39-42-45-48-51-57(60)63-54-55(53-62-56(59)50-47-44-41-38-35-32-24-21-18-15-12-9-6-3)64-58(61)52-49-46-43-40-37-34-30-26-23-20-17-14-11-8-5-2/h8-32,35,38,41,55H,4-7,33-34,36-37,39-40,42-54H2,1-3H3/b11-8+,12-9+,13-10+,17-14+,18-15+,19-16+,23-20+,24-21+,25-22+,28-27+,30-26+,31-29+,35-32+,41-38+. The zero-order valence-electron chi connectivity index (χ0n) is 40.0. The van der Waals surface area contributed by atoms with Crippen molar-refractivity contribution in [2.24, 2.45) is 0 Å². The molecular weight excluding hydrogens is 793 g/mol. The van der Waals surface area contributed by atoms with Crippen molar-refractivity contribution in [1.82, 2.24) is 0 Å². The van der Waals surface area contributed by atoms with Crippen molar-refractivity contribution >= 4 is 17.9 Å². The number of unbranched alkanes of at least 4 members (excludes halogenated alkanes) is 12. The highest BCUT2D eigenvalue weighted by atomic mass is 16.6. The van der Waals surface area contributed by atoms with Gasteiger partial charge in [0, 0.05) is 19.3 Å². The maximum Gasteiger partial charge on any atom is 0.306 e. The topological polar surface area (TPSA) is 78.9 Å².